The van der Waals surface area contributed by atoms with Gasteiger partial charge in [-0.2, -0.15) is 0 Å². The maximum atomic E-state index is 12.2. The number of esters is 1. The molecule has 124 valence electrons. The van der Waals surface area contributed by atoms with Gasteiger partial charge < -0.3 is 9.84 Å². The normalized spacial score (nSPS) is 10.5. The van der Waals surface area contributed by atoms with Crippen molar-refractivity contribution in [3.05, 3.63) is 34.4 Å². The molecule has 0 fully saturated rings. The maximum Gasteiger partial charge on any atom is 0.339 e. The summed E-state index contributed by atoms with van der Waals surface area (Å²) in [7, 11) is 0. The molecule has 22 heavy (non-hydrogen) atoms. The Labute approximate surface area is 133 Å². The highest BCUT2D eigenvalue weighted by molar-refractivity contribution is 6.03. The van der Waals surface area contributed by atoms with Gasteiger partial charge >= 0.3 is 11.9 Å². The van der Waals surface area contributed by atoms with Gasteiger partial charge in [-0.25, -0.2) is 9.59 Å². The van der Waals surface area contributed by atoms with Crippen LogP contribution in [0.2, 0.25) is 0 Å². The number of carboxylic acids is 1. The molecule has 0 saturated carbocycles. The number of aromatic carboxylic acids is 1. The molecule has 0 saturated heterocycles. The molecule has 0 radical (unpaired) electrons. The minimum atomic E-state index is -1.11. The Kier molecular flexibility index (Phi) is 7.85. The SMILES string of the molecule is CC.CCc1cc(C(=O)O)c(C(=O)OC(C)(C)C)cc1CC. The Morgan fingerprint density at radius 1 is 1.00 bits per heavy atom. The lowest BCUT2D eigenvalue weighted by atomic mass is 9.95. The summed E-state index contributed by atoms with van der Waals surface area (Å²) in [5.41, 5.74) is 1.42. The highest BCUT2D eigenvalue weighted by Crippen LogP contribution is 2.22. The summed E-state index contributed by atoms with van der Waals surface area (Å²) in [6.07, 6.45) is 1.48. The van der Waals surface area contributed by atoms with Crippen LogP contribution in [-0.4, -0.2) is 22.6 Å². The summed E-state index contributed by atoms with van der Waals surface area (Å²) in [4.78, 5) is 23.5. The Hall–Kier alpha value is -1.84. The monoisotopic (exact) mass is 308 g/mol. The number of carbonyl (C=O) groups excluding carboxylic acids is 1. The smallest absolute Gasteiger partial charge is 0.339 e. The maximum absolute atomic E-state index is 12.2. The van der Waals surface area contributed by atoms with Crippen LogP contribution in [0.3, 0.4) is 0 Å². The molecule has 0 spiro atoms. The molecule has 0 amide bonds. The minimum Gasteiger partial charge on any atom is -0.478 e. The minimum absolute atomic E-state index is 0.00769. The fourth-order valence-electron chi connectivity index (χ4n) is 2.03. The lowest BCUT2D eigenvalue weighted by Crippen LogP contribution is -2.25. The molecule has 0 aliphatic heterocycles. The summed E-state index contributed by atoms with van der Waals surface area (Å²) in [5.74, 6) is -1.70. The molecule has 4 heteroatoms. The molecule has 1 aromatic rings. The Bertz CT molecular complexity index is 525. The standard InChI is InChI=1S/C16H22O4.C2H6/c1-6-10-8-12(14(17)18)13(9-11(10)7-2)15(19)20-16(3,4)5;1-2/h8-9H,6-7H2,1-5H3,(H,17,18);1-2H3. The van der Waals surface area contributed by atoms with Gasteiger partial charge in [0.25, 0.3) is 0 Å². The molecule has 0 bridgehead atoms. The van der Waals surface area contributed by atoms with Crippen LogP contribution in [-0.2, 0) is 17.6 Å². The number of hydrogen-bond donors (Lipinski definition) is 1. The van der Waals surface area contributed by atoms with E-state index in [1.807, 2.05) is 27.7 Å². The van der Waals surface area contributed by atoms with Crippen molar-refractivity contribution in [1.29, 1.82) is 0 Å². The third-order valence-corrected chi connectivity index (χ3v) is 2.95. The van der Waals surface area contributed by atoms with E-state index in [9.17, 15) is 14.7 Å². The number of ether oxygens (including phenoxy) is 1. The zero-order chi connectivity index (χ0) is 17.5. The van der Waals surface area contributed by atoms with Gasteiger partial charge in [0.1, 0.15) is 5.60 Å². The fraction of sp³-hybridized carbons (Fsp3) is 0.556. The third-order valence-electron chi connectivity index (χ3n) is 2.95. The Morgan fingerprint density at radius 3 is 1.73 bits per heavy atom. The van der Waals surface area contributed by atoms with Gasteiger partial charge in [0.15, 0.2) is 0 Å². The first-order valence-electron chi connectivity index (χ1n) is 7.82. The molecule has 1 aromatic carbocycles. The first-order valence-corrected chi connectivity index (χ1v) is 7.82. The highest BCUT2D eigenvalue weighted by atomic mass is 16.6. The number of hydrogen-bond acceptors (Lipinski definition) is 3. The van der Waals surface area contributed by atoms with Gasteiger partial charge in [-0.15, -0.1) is 0 Å². The quantitative estimate of drug-likeness (QED) is 0.832. The van der Waals surface area contributed by atoms with Gasteiger partial charge in [0.2, 0.25) is 0 Å². The van der Waals surface area contributed by atoms with Crippen molar-refractivity contribution >= 4 is 11.9 Å². The summed E-state index contributed by atoms with van der Waals surface area (Å²) in [6, 6.07) is 3.23. The number of carbonyl (C=O) groups is 2. The second-order valence-electron chi connectivity index (χ2n) is 5.68. The van der Waals surface area contributed by atoms with Gasteiger partial charge in [-0.1, -0.05) is 27.7 Å². The van der Waals surface area contributed by atoms with E-state index in [2.05, 4.69) is 0 Å². The van der Waals surface area contributed by atoms with Crippen molar-refractivity contribution in [3.63, 3.8) is 0 Å². The van der Waals surface area contributed by atoms with Crippen molar-refractivity contribution in [2.75, 3.05) is 0 Å². The Balaban J connectivity index is 0.00000211. The fourth-order valence-corrected chi connectivity index (χ4v) is 2.03. The highest BCUT2D eigenvalue weighted by Gasteiger charge is 2.24. The van der Waals surface area contributed by atoms with Gasteiger partial charge in [-0.3, -0.25) is 0 Å². The van der Waals surface area contributed by atoms with E-state index < -0.39 is 17.5 Å². The van der Waals surface area contributed by atoms with E-state index in [0.717, 1.165) is 24.0 Å². The number of aryl methyl sites for hydroxylation is 2. The number of carboxylic acid groups (broad SMARTS) is 1. The summed E-state index contributed by atoms with van der Waals surface area (Å²) >= 11 is 0. The van der Waals surface area contributed by atoms with Gasteiger partial charge in [-0.05, 0) is 56.9 Å². The molecule has 4 nitrogen and oxygen atoms in total. The van der Waals surface area contributed by atoms with E-state index in [4.69, 9.17) is 4.74 Å². The molecular weight excluding hydrogens is 280 g/mol. The van der Waals surface area contributed by atoms with E-state index in [1.54, 1.807) is 32.9 Å². The van der Waals surface area contributed by atoms with Crippen LogP contribution in [0.4, 0.5) is 0 Å². The van der Waals surface area contributed by atoms with E-state index >= 15 is 0 Å². The summed E-state index contributed by atoms with van der Waals surface area (Å²) in [5, 5.41) is 9.29. The van der Waals surface area contributed by atoms with E-state index in [0.29, 0.717) is 0 Å². The Morgan fingerprint density at radius 2 is 1.41 bits per heavy atom. The van der Waals surface area contributed by atoms with Crippen molar-refractivity contribution in [2.45, 2.75) is 66.9 Å². The molecule has 0 atom stereocenters. The molecule has 0 aromatic heterocycles. The van der Waals surface area contributed by atoms with Gasteiger partial charge in [0.05, 0.1) is 11.1 Å². The van der Waals surface area contributed by atoms with Crippen LogP contribution in [0.1, 0.15) is 80.3 Å². The average Bonchev–Trinajstić information content (AvgIpc) is 2.45. The summed E-state index contributed by atoms with van der Waals surface area (Å²) < 4.78 is 5.29. The van der Waals surface area contributed by atoms with Crippen LogP contribution in [0, 0.1) is 0 Å². The van der Waals surface area contributed by atoms with Crippen LogP contribution >= 0.6 is 0 Å². The third kappa shape index (κ3) is 5.51. The zero-order valence-corrected chi connectivity index (χ0v) is 14.7. The molecule has 0 unspecified atom stereocenters. The number of rotatable bonds is 4. The first-order chi connectivity index (χ1) is 10.2. The molecule has 1 rings (SSSR count). The molecule has 0 heterocycles. The lowest BCUT2D eigenvalue weighted by molar-refractivity contribution is 0.00657. The van der Waals surface area contributed by atoms with Crippen LogP contribution in [0.15, 0.2) is 12.1 Å². The topological polar surface area (TPSA) is 63.6 Å². The van der Waals surface area contributed by atoms with Crippen LogP contribution in [0.25, 0.3) is 0 Å². The second kappa shape index (κ2) is 8.57. The zero-order valence-electron chi connectivity index (χ0n) is 14.7. The average molecular weight is 308 g/mol. The van der Waals surface area contributed by atoms with E-state index in [1.165, 1.54) is 0 Å². The summed E-state index contributed by atoms with van der Waals surface area (Å²) in [6.45, 7) is 13.2. The first kappa shape index (κ1) is 20.2. The molecular formula is C18H28O4. The predicted octanol–water partition coefficient (Wildman–Crippen LogP) is 4.49. The lowest BCUT2D eigenvalue weighted by Gasteiger charge is -2.21. The molecule has 1 N–H and O–H groups in total. The van der Waals surface area contributed by atoms with E-state index in [-0.39, 0.29) is 11.1 Å². The number of benzene rings is 1. The van der Waals surface area contributed by atoms with Crippen molar-refractivity contribution < 1.29 is 19.4 Å². The van der Waals surface area contributed by atoms with Gasteiger partial charge in [0, 0.05) is 0 Å². The van der Waals surface area contributed by atoms with Crippen molar-refractivity contribution in [3.8, 4) is 0 Å². The second-order valence-corrected chi connectivity index (χ2v) is 5.68. The largest absolute Gasteiger partial charge is 0.478 e. The van der Waals surface area contributed by atoms with Crippen molar-refractivity contribution in [2.24, 2.45) is 0 Å². The van der Waals surface area contributed by atoms with Crippen LogP contribution in [0.5, 0.6) is 0 Å². The predicted molar refractivity (Wildman–Crippen MR) is 88.7 cm³/mol. The van der Waals surface area contributed by atoms with Crippen molar-refractivity contribution in [1.82, 2.24) is 0 Å². The molecule has 0 aliphatic carbocycles. The molecule has 0 aliphatic rings. The van der Waals surface area contributed by atoms with Crippen LogP contribution < -0.4 is 0 Å².